The van der Waals surface area contributed by atoms with Gasteiger partial charge in [-0.25, -0.2) is 0 Å². The molecule has 22 heavy (non-hydrogen) atoms. The maximum absolute atomic E-state index is 11.8. The Balaban J connectivity index is 2.41. The van der Waals surface area contributed by atoms with Gasteiger partial charge in [-0.2, -0.15) is 0 Å². The predicted molar refractivity (Wildman–Crippen MR) is 86.4 cm³/mol. The third-order valence-electron chi connectivity index (χ3n) is 2.94. The van der Waals surface area contributed by atoms with Gasteiger partial charge in [0, 0.05) is 31.3 Å². The lowest BCUT2D eigenvalue weighted by Crippen LogP contribution is -2.17. The van der Waals surface area contributed by atoms with Crippen molar-refractivity contribution in [3.05, 3.63) is 36.9 Å². The van der Waals surface area contributed by atoms with Crippen molar-refractivity contribution in [1.82, 2.24) is 5.32 Å². The Morgan fingerprint density at radius 2 is 1.64 bits per heavy atom. The second kappa shape index (κ2) is 9.33. The van der Waals surface area contributed by atoms with Crippen LogP contribution in [0.25, 0.3) is 0 Å². The van der Waals surface area contributed by atoms with Crippen molar-refractivity contribution in [2.45, 2.75) is 25.7 Å². The lowest BCUT2D eigenvalue weighted by molar-refractivity contribution is -0.121. The van der Waals surface area contributed by atoms with E-state index in [0.717, 1.165) is 0 Å². The number of amides is 3. The van der Waals surface area contributed by atoms with Crippen molar-refractivity contribution in [3.63, 3.8) is 0 Å². The molecule has 0 unspecified atom stereocenters. The highest BCUT2D eigenvalue weighted by Crippen LogP contribution is 2.15. The molecule has 0 aliphatic carbocycles. The lowest BCUT2D eigenvalue weighted by Gasteiger charge is -2.08. The monoisotopic (exact) mass is 303 g/mol. The number of hydrogen-bond acceptors (Lipinski definition) is 3. The topological polar surface area (TPSA) is 87.3 Å². The van der Waals surface area contributed by atoms with Crippen molar-refractivity contribution in [1.29, 1.82) is 0 Å². The predicted octanol–water partition coefficient (Wildman–Crippen LogP) is 2.06. The van der Waals surface area contributed by atoms with E-state index in [-0.39, 0.29) is 17.7 Å². The maximum Gasteiger partial charge on any atom is 0.247 e. The number of carbonyl (C=O) groups is 3. The van der Waals surface area contributed by atoms with Gasteiger partial charge >= 0.3 is 0 Å². The van der Waals surface area contributed by atoms with Crippen molar-refractivity contribution in [3.8, 4) is 0 Å². The molecule has 0 aromatic heterocycles. The minimum absolute atomic E-state index is 0.0222. The molecule has 6 heteroatoms. The van der Waals surface area contributed by atoms with Crippen molar-refractivity contribution in [2.75, 3.05) is 17.7 Å². The average Bonchev–Trinajstić information content (AvgIpc) is 2.51. The molecule has 0 bridgehead atoms. The van der Waals surface area contributed by atoms with E-state index in [1.54, 1.807) is 31.3 Å². The molecule has 0 aliphatic heterocycles. The molecule has 0 heterocycles. The molecular weight excluding hydrogens is 282 g/mol. The van der Waals surface area contributed by atoms with Crippen LogP contribution in [-0.2, 0) is 14.4 Å². The number of anilines is 2. The summed E-state index contributed by atoms with van der Waals surface area (Å²) in [6.45, 7) is 3.38. The second-order valence-corrected chi connectivity index (χ2v) is 4.70. The van der Waals surface area contributed by atoms with E-state index in [9.17, 15) is 14.4 Å². The first-order valence-corrected chi connectivity index (χ1v) is 7.09. The maximum atomic E-state index is 11.8. The van der Waals surface area contributed by atoms with Crippen LogP contribution in [0.1, 0.15) is 25.7 Å². The molecule has 0 saturated heterocycles. The molecular formula is C16H21N3O3. The molecule has 0 atom stereocenters. The van der Waals surface area contributed by atoms with Gasteiger partial charge < -0.3 is 16.0 Å². The standard InChI is InChI=1S/C16H21N3O3/c1-3-14(20)18-12-7-6-8-13(11-12)19-16(22)10-5-4-9-15(21)17-2/h3,6-8,11H,1,4-5,9-10H2,2H3,(H,17,21)(H,18,20)(H,19,22). The van der Waals surface area contributed by atoms with Crippen LogP contribution < -0.4 is 16.0 Å². The van der Waals surface area contributed by atoms with Crippen molar-refractivity contribution < 1.29 is 14.4 Å². The van der Waals surface area contributed by atoms with Gasteiger partial charge in [-0.1, -0.05) is 12.6 Å². The summed E-state index contributed by atoms with van der Waals surface area (Å²) in [7, 11) is 1.59. The van der Waals surface area contributed by atoms with Gasteiger partial charge in [0.1, 0.15) is 0 Å². The van der Waals surface area contributed by atoms with Crippen LogP contribution in [-0.4, -0.2) is 24.8 Å². The summed E-state index contributed by atoms with van der Waals surface area (Å²) < 4.78 is 0. The Hall–Kier alpha value is -2.63. The Bertz CT molecular complexity index is 555. The summed E-state index contributed by atoms with van der Waals surface area (Å²) >= 11 is 0. The van der Waals surface area contributed by atoms with Crippen LogP contribution >= 0.6 is 0 Å². The van der Waals surface area contributed by atoms with Crippen LogP contribution in [0.2, 0.25) is 0 Å². The van der Waals surface area contributed by atoms with Crippen LogP contribution in [0.15, 0.2) is 36.9 Å². The van der Waals surface area contributed by atoms with Gasteiger partial charge in [-0.15, -0.1) is 0 Å². The molecule has 1 rings (SSSR count). The molecule has 3 N–H and O–H groups in total. The van der Waals surface area contributed by atoms with E-state index in [2.05, 4.69) is 22.5 Å². The van der Waals surface area contributed by atoms with Gasteiger partial charge in [0.2, 0.25) is 17.7 Å². The number of carbonyl (C=O) groups excluding carboxylic acids is 3. The second-order valence-electron chi connectivity index (χ2n) is 4.70. The molecule has 3 amide bonds. The molecule has 0 spiro atoms. The van der Waals surface area contributed by atoms with Gasteiger partial charge in [0.05, 0.1) is 0 Å². The van der Waals surface area contributed by atoms with E-state index >= 15 is 0 Å². The Kier molecular flexibility index (Phi) is 7.39. The summed E-state index contributed by atoms with van der Waals surface area (Å²) in [5, 5.41) is 7.92. The summed E-state index contributed by atoms with van der Waals surface area (Å²) in [6.07, 6.45) is 3.26. The summed E-state index contributed by atoms with van der Waals surface area (Å²) in [5.74, 6) is -0.451. The summed E-state index contributed by atoms with van der Waals surface area (Å²) in [5.41, 5.74) is 1.19. The molecule has 1 aromatic carbocycles. The van der Waals surface area contributed by atoms with Crippen LogP contribution in [0.3, 0.4) is 0 Å². The van der Waals surface area contributed by atoms with E-state index in [1.807, 2.05) is 0 Å². The Morgan fingerprint density at radius 1 is 1.05 bits per heavy atom. The van der Waals surface area contributed by atoms with E-state index in [4.69, 9.17) is 0 Å². The zero-order chi connectivity index (χ0) is 16.4. The highest BCUT2D eigenvalue weighted by atomic mass is 16.2. The van der Waals surface area contributed by atoms with E-state index in [1.165, 1.54) is 6.08 Å². The number of rotatable bonds is 8. The fraction of sp³-hybridized carbons (Fsp3) is 0.312. The fourth-order valence-electron chi connectivity index (χ4n) is 1.79. The van der Waals surface area contributed by atoms with Gasteiger partial charge in [-0.05, 0) is 37.1 Å². The summed E-state index contributed by atoms with van der Waals surface area (Å²) in [4.78, 5) is 34.1. The molecule has 6 nitrogen and oxygen atoms in total. The van der Waals surface area contributed by atoms with Crippen molar-refractivity contribution >= 4 is 29.1 Å². The van der Waals surface area contributed by atoms with Gasteiger partial charge in [0.25, 0.3) is 0 Å². The SMILES string of the molecule is C=CC(=O)Nc1cccc(NC(=O)CCCCC(=O)NC)c1. The quantitative estimate of drug-likeness (QED) is 0.507. The first-order valence-electron chi connectivity index (χ1n) is 7.09. The lowest BCUT2D eigenvalue weighted by atomic mass is 10.1. The molecule has 0 fully saturated rings. The first-order chi connectivity index (χ1) is 10.5. The minimum atomic E-state index is -0.308. The first kappa shape index (κ1) is 17.4. The highest BCUT2D eigenvalue weighted by Gasteiger charge is 2.05. The van der Waals surface area contributed by atoms with Crippen molar-refractivity contribution in [2.24, 2.45) is 0 Å². The summed E-state index contributed by atoms with van der Waals surface area (Å²) in [6, 6.07) is 6.87. The molecule has 0 saturated carbocycles. The Morgan fingerprint density at radius 3 is 2.23 bits per heavy atom. The fourth-order valence-corrected chi connectivity index (χ4v) is 1.79. The normalized spacial score (nSPS) is 9.68. The number of nitrogens with one attached hydrogen (secondary N) is 3. The van der Waals surface area contributed by atoms with Crippen LogP contribution in [0.4, 0.5) is 11.4 Å². The largest absolute Gasteiger partial charge is 0.359 e. The third-order valence-corrected chi connectivity index (χ3v) is 2.94. The van der Waals surface area contributed by atoms with Gasteiger partial charge in [-0.3, -0.25) is 14.4 Å². The van der Waals surface area contributed by atoms with Crippen LogP contribution in [0, 0.1) is 0 Å². The average molecular weight is 303 g/mol. The van der Waals surface area contributed by atoms with E-state index < -0.39 is 0 Å². The zero-order valence-electron chi connectivity index (χ0n) is 12.6. The smallest absolute Gasteiger partial charge is 0.247 e. The number of benzene rings is 1. The van der Waals surface area contributed by atoms with Crippen LogP contribution in [0.5, 0.6) is 0 Å². The molecule has 0 radical (unpaired) electrons. The molecule has 0 aliphatic rings. The molecule has 1 aromatic rings. The van der Waals surface area contributed by atoms with Gasteiger partial charge in [0.15, 0.2) is 0 Å². The minimum Gasteiger partial charge on any atom is -0.359 e. The highest BCUT2D eigenvalue weighted by molar-refractivity contribution is 5.99. The third kappa shape index (κ3) is 6.69. The number of hydrogen-bond donors (Lipinski definition) is 3. The Labute approximate surface area is 130 Å². The molecule has 118 valence electrons. The van der Waals surface area contributed by atoms with E-state index in [0.29, 0.717) is 37.1 Å². The number of unbranched alkanes of at least 4 members (excludes halogenated alkanes) is 1. The zero-order valence-corrected chi connectivity index (χ0v) is 12.6.